The molecule has 0 atom stereocenters. The van der Waals surface area contributed by atoms with E-state index in [0.717, 1.165) is 41.7 Å². The Bertz CT molecular complexity index is 1040. The summed E-state index contributed by atoms with van der Waals surface area (Å²) < 4.78 is 12.8. The first-order valence-electron chi connectivity index (χ1n) is 11.3. The molecule has 4 heterocycles. The van der Waals surface area contributed by atoms with E-state index in [2.05, 4.69) is 15.9 Å². The number of aromatic nitrogens is 3. The lowest BCUT2D eigenvalue weighted by atomic mass is 10.00. The molecule has 1 aromatic carbocycles. The van der Waals surface area contributed by atoms with Crippen LogP contribution >= 0.6 is 0 Å². The van der Waals surface area contributed by atoms with E-state index in [1.807, 2.05) is 35.1 Å². The number of piperidine rings is 2. The molecule has 2 aromatic heterocycles. The van der Waals surface area contributed by atoms with Gasteiger partial charge in [-0.05, 0) is 63.0 Å². The number of nitrogens with zero attached hydrogens (tertiary/aromatic N) is 5. The Balaban J connectivity index is 1.38. The average molecular weight is 422 g/mol. The molecular formula is C24H31N5O2. The standard InChI is InChI=1S/C24H31N5O2/c1-30-22-7-6-18(16-23(22)31-2)20-17-21-24(25-10-15-29(21)26-20)28-13-8-19(9-14-28)27-11-4-3-5-12-27/h6-7,10,15-17,19H,3-5,8-9,11-14H2,1-2H3. The lowest BCUT2D eigenvalue weighted by Gasteiger charge is -2.40. The molecule has 0 radical (unpaired) electrons. The van der Waals surface area contributed by atoms with Gasteiger partial charge in [0.25, 0.3) is 0 Å². The molecule has 0 N–H and O–H groups in total. The molecule has 0 bridgehead atoms. The van der Waals surface area contributed by atoms with Crippen LogP contribution in [-0.4, -0.2) is 65.9 Å². The van der Waals surface area contributed by atoms with Gasteiger partial charge in [-0.25, -0.2) is 9.50 Å². The van der Waals surface area contributed by atoms with Gasteiger partial charge < -0.3 is 19.3 Å². The van der Waals surface area contributed by atoms with Crippen LogP contribution in [0.3, 0.4) is 0 Å². The van der Waals surface area contributed by atoms with Crippen LogP contribution in [0.2, 0.25) is 0 Å². The summed E-state index contributed by atoms with van der Waals surface area (Å²) in [7, 11) is 3.30. The highest BCUT2D eigenvalue weighted by molar-refractivity contribution is 5.76. The number of anilines is 1. The number of rotatable bonds is 5. The first-order valence-corrected chi connectivity index (χ1v) is 11.3. The van der Waals surface area contributed by atoms with Crippen molar-refractivity contribution in [1.29, 1.82) is 0 Å². The van der Waals surface area contributed by atoms with Crippen molar-refractivity contribution in [2.75, 3.05) is 45.3 Å². The summed E-state index contributed by atoms with van der Waals surface area (Å²) in [5.41, 5.74) is 2.94. The summed E-state index contributed by atoms with van der Waals surface area (Å²) in [6, 6.07) is 8.75. The topological polar surface area (TPSA) is 55.1 Å². The predicted octanol–water partition coefficient (Wildman–Crippen LogP) is 3.87. The van der Waals surface area contributed by atoms with Gasteiger partial charge in [0, 0.05) is 37.1 Å². The van der Waals surface area contributed by atoms with Crippen molar-refractivity contribution in [3.05, 3.63) is 36.7 Å². The van der Waals surface area contributed by atoms with Crippen molar-refractivity contribution in [2.45, 2.75) is 38.1 Å². The second kappa shape index (κ2) is 8.75. The normalized spacial score (nSPS) is 18.5. The lowest BCUT2D eigenvalue weighted by molar-refractivity contribution is 0.141. The molecule has 3 aromatic rings. The lowest BCUT2D eigenvalue weighted by Crippen LogP contribution is -2.47. The summed E-state index contributed by atoms with van der Waals surface area (Å²) in [6.07, 6.45) is 10.3. The van der Waals surface area contributed by atoms with E-state index in [-0.39, 0.29) is 0 Å². The Hall–Kier alpha value is -2.80. The highest BCUT2D eigenvalue weighted by Gasteiger charge is 2.27. The van der Waals surface area contributed by atoms with E-state index in [0.29, 0.717) is 11.5 Å². The van der Waals surface area contributed by atoms with Gasteiger partial charge in [-0.2, -0.15) is 5.10 Å². The van der Waals surface area contributed by atoms with Crippen LogP contribution < -0.4 is 14.4 Å². The molecule has 2 aliphatic heterocycles. The second-order valence-corrected chi connectivity index (χ2v) is 8.49. The van der Waals surface area contributed by atoms with Crippen LogP contribution in [0.1, 0.15) is 32.1 Å². The molecule has 0 aliphatic carbocycles. The summed E-state index contributed by atoms with van der Waals surface area (Å²) in [5, 5.41) is 4.80. The molecule has 2 aliphatic rings. The Kier molecular flexibility index (Phi) is 5.68. The average Bonchev–Trinajstić information content (AvgIpc) is 3.29. The fourth-order valence-electron chi connectivity index (χ4n) is 5.01. The predicted molar refractivity (Wildman–Crippen MR) is 122 cm³/mol. The Morgan fingerprint density at radius 1 is 0.903 bits per heavy atom. The smallest absolute Gasteiger partial charge is 0.161 e. The molecule has 2 saturated heterocycles. The molecule has 7 heteroatoms. The van der Waals surface area contributed by atoms with Crippen molar-refractivity contribution < 1.29 is 9.47 Å². The zero-order chi connectivity index (χ0) is 21.2. The molecule has 5 rings (SSSR count). The summed E-state index contributed by atoms with van der Waals surface area (Å²) in [5.74, 6) is 2.45. The third-order valence-corrected chi connectivity index (χ3v) is 6.72. The molecule has 0 spiro atoms. The number of hydrogen-bond donors (Lipinski definition) is 0. The molecule has 2 fully saturated rings. The van der Waals surface area contributed by atoms with Crippen LogP contribution in [0.5, 0.6) is 11.5 Å². The SMILES string of the molecule is COc1ccc(-c2cc3c(N4CCC(N5CCCCC5)CC4)nccn3n2)cc1OC. The fourth-order valence-corrected chi connectivity index (χ4v) is 5.01. The van der Waals surface area contributed by atoms with E-state index in [1.165, 1.54) is 45.2 Å². The van der Waals surface area contributed by atoms with Crippen molar-refractivity contribution in [1.82, 2.24) is 19.5 Å². The van der Waals surface area contributed by atoms with Gasteiger partial charge in [0.2, 0.25) is 0 Å². The Labute approximate surface area is 183 Å². The van der Waals surface area contributed by atoms with Crippen molar-refractivity contribution in [2.24, 2.45) is 0 Å². The maximum atomic E-state index is 5.47. The molecular weight excluding hydrogens is 390 g/mol. The number of fused-ring (bicyclic) bond motifs is 1. The Morgan fingerprint density at radius 3 is 2.42 bits per heavy atom. The van der Waals surface area contributed by atoms with Crippen LogP contribution in [0.4, 0.5) is 5.82 Å². The summed E-state index contributed by atoms with van der Waals surface area (Å²) >= 11 is 0. The van der Waals surface area contributed by atoms with Gasteiger partial charge in [-0.1, -0.05) is 6.42 Å². The van der Waals surface area contributed by atoms with E-state index < -0.39 is 0 Å². The first kappa shape index (κ1) is 20.1. The minimum atomic E-state index is 0.704. The van der Waals surface area contributed by atoms with Gasteiger partial charge in [-0.3, -0.25) is 0 Å². The Morgan fingerprint density at radius 2 is 1.68 bits per heavy atom. The monoisotopic (exact) mass is 421 g/mol. The van der Waals surface area contributed by atoms with Gasteiger partial charge in [0.1, 0.15) is 5.52 Å². The molecule has 31 heavy (non-hydrogen) atoms. The zero-order valence-corrected chi connectivity index (χ0v) is 18.5. The van der Waals surface area contributed by atoms with Gasteiger partial charge in [-0.15, -0.1) is 0 Å². The fraction of sp³-hybridized carbons (Fsp3) is 0.500. The third-order valence-electron chi connectivity index (χ3n) is 6.72. The minimum absolute atomic E-state index is 0.704. The van der Waals surface area contributed by atoms with Crippen LogP contribution in [0.25, 0.3) is 16.8 Å². The van der Waals surface area contributed by atoms with E-state index in [1.54, 1.807) is 14.2 Å². The van der Waals surface area contributed by atoms with Crippen LogP contribution in [0, 0.1) is 0 Å². The molecule has 164 valence electrons. The first-order chi connectivity index (χ1) is 15.3. The maximum Gasteiger partial charge on any atom is 0.161 e. The van der Waals surface area contributed by atoms with Crippen molar-refractivity contribution in [3.8, 4) is 22.8 Å². The molecule has 0 saturated carbocycles. The van der Waals surface area contributed by atoms with Crippen molar-refractivity contribution >= 4 is 11.3 Å². The van der Waals surface area contributed by atoms with E-state index in [4.69, 9.17) is 19.6 Å². The zero-order valence-electron chi connectivity index (χ0n) is 18.5. The van der Waals surface area contributed by atoms with Crippen LogP contribution in [0.15, 0.2) is 36.7 Å². The highest BCUT2D eigenvalue weighted by atomic mass is 16.5. The molecule has 0 unspecified atom stereocenters. The number of methoxy groups -OCH3 is 2. The van der Waals surface area contributed by atoms with Gasteiger partial charge >= 0.3 is 0 Å². The quantitative estimate of drug-likeness (QED) is 0.623. The van der Waals surface area contributed by atoms with Gasteiger partial charge in [0.05, 0.1) is 19.9 Å². The summed E-state index contributed by atoms with van der Waals surface area (Å²) in [6.45, 7) is 4.64. The van der Waals surface area contributed by atoms with Gasteiger partial charge in [0.15, 0.2) is 17.3 Å². The van der Waals surface area contributed by atoms with Crippen LogP contribution in [-0.2, 0) is 0 Å². The number of benzene rings is 1. The largest absolute Gasteiger partial charge is 0.493 e. The van der Waals surface area contributed by atoms with Crippen molar-refractivity contribution in [3.63, 3.8) is 0 Å². The third kappa shape index (κ3) is 3.94. The van der Waals surface area contributed by atoms with E-state index in [9.17, 15) is 0 Å². The minimum Gasteiger partial charge on any atom is -0.493 e. The number of hydrogen-bond acceptors (Lipinski definition) is 6. The number of ether oxygens (including phenoxy) is 2. The second-order valence-electron chi connectivity index (χ2n) is 8.49. The molecule has 0 amide bonds. The maximum absolute atomic E-state index is 5.47. The van der Waals surface area contributed by atoms with E-state index >= 15 is 0 Å². The highest BCUT2D eigenvalue weighted by Crippen LogP contribution is 2.33. The molecule has 7 nitrogen and oxygen atoms in total. The number of likely N-dealkylation sites (tertiary alicyclic amines) is 1. The summed E-state index contributed by atoms with van der Waals surface area (Å²) in [4.78, 5) is 9.88.